The smallest absolute Gasteiger partial charge is 0.269 e. The standard InChI is InChI=1S/C12H16N2O3/c1-10(13-6-8-17-9-7-13)11-2-4-12(5-3-11)14(15)16/h2-5,10H,6-9H2,1H3/t10-/m0/s1. The van der Waals surface area contributed by atoms with Crippen LogP contribution in [0.2, 0.25) is 0 Å². The molecule has 0 spiro atoms. The van der Waals surface area contributed by atoms with Gasteiger partial charge in [0, 0.05) is 31.3 Å². The summed E-state index contributed by atoms with van der Waals surface area (Å²) in [7, 11) is 0. The van der Waals surface area contributed by atoms with E-state index < -0.39 is 0 Å². The van der Waals surface area contributed by atoms with Crippen LogP contribution >= 0.6 is 0 Å². The summed E-state index contributed by atoms with van der Waals surface area (Å²) in [6, 6.07) is 7.06. The summed E-state index contributed by atoms with van der Waals surface area (Å²) < 4.78 is 5.31. The molecule has 92 valence electrons. The van der Waals surface area contributed by atoms with E-state index in [4.69, 9.17) is 4.74 Å². The summed E-state index contributed by atoms with van der Waals surface area (Å²) in [5, 5.41) is 10.6. The maximum absolute atomic E-state index is 10.6. The molecule has 1 atom stereocenters. The van der Waals surface area contributed by atoms with E-state index in [-0.39, 0.29) is 16.7 Å². The van der Waals surface area contributed by atoms with Crippen molar-refractivity contribution in [2.24, 2.45) is 0 Å². The first-order valence-corrected chi connectivity index (χ1v) is 5.74. The Morgan fingerprint density at radius 1 is 1.29 bits per heavy atom. The quantitative estimate of drug-likeness (QED) is 0.595. The molecule has 1 aromatic rings. The van der Waals surface area contributed by atoms with Crippen LogP contribution in [0.5, 0.6) is 0 Å². The Morgan fingerprint density at radius 3 is 2.41 bits per heavy atom. The molecule has 0 N–H and O–H groups in total. The fourth-order valence-corrected chi connectivity index (χ4v) is 2.05. The van der Waals surface area contributed by atoms with Gasteiger partial charge in [-0.15, -0.1) is 0 Å². The fraction of sp³-hybridized carbons (Fsp3) is 0.500. The molecule has 1 heterocycles. The number of rotatable bonds is 3. The van der Waals surface area contributed by atoms with Gasteiger partial charge in [0.1, 0.15) is 0 Å². The summed E-state index contributed by atoms with van der Waals surface area (Å²) in [4.78, 5) is 12.5. The van der Waals surface area contributed by atoms with Crippen LogP contribution in [-0.4, -0.2) is 36.1 Å². The number of nitro benzene ring substituents is 1. The van der Waals surface area contributed by atoms with Gasteiger partial charge in [-0.25, -0.2) is 0 Å². The second-order valence-electron chi connectivity index (χ2n) is 4.17. The van der Waals surface area contributed by atoms with E-state index in [0.29, 0.717) is 0 Å². The highest BCUT2D eigenvalue weighted by Crippen LogP contribution is 2.23. The van der Waals surface area contributed by atoms with Crippen LogP contribution in [0.3, 0.4) is 0 Å². The Bertz CT molecular complexity index is 385. The van der Waals surface area contributed by atoms with E-state index in [9.17, 15) is 10.1 Å². The molecule has 1 aliphatic heterocycles. The van der Waals surface area contributed by atoms with Crippen LogP contribution in [-0.2, 0) is 4.74 Å². The van der Waals surface area contributed by atoms with Crippen LogP contribution in [0.15, 0.2) is 24.3 Å². The number of non-ortho nitro benzene ring substituents is 1. The Kier molecular flexibility index (Phi) is 3.71. The molecule has 0 aromatic heterocycles. The molecule has 0 aliphatic carbocycles. The summed E-state index contributed by atoms with van der Waals surface area (Å²) >= 11 is 0. The lowest BCUT2D eigenvalue weighted by Gasteiger charge is -2.32. The Balaban J connectivity index is 2.07. The normalized spacial score (nSPS) is 18.9. The van der Waals surface area contributed by atoms with Gasteiger partial charge in [0.15, 0.2) is 0 Å². The highest BCUT2D eigenvalue weighted by Gasteiger charge is 2.18. The summed E-state index contributed by atoms with van der Waals surface area (Å²) in [5.41, 5.74) is 1.25. The van der Waals surface area contributed by atoms with E-state index in [1.165, 1.54) is 0 Å². The van der Waals surface area contributed by atoms with Crippen LogP contribution in [0.1, 0.15) is 18.5 Å². The number of hydrogen-bond acceptors (Lipinski definition) is 4. The number of nitrogens with zero attached hydrogens (tertiary/aromatic N) is 2. The molecular formula is C12H16N2O3. The van der Waals surface area contributed by atoms with Crippen molar-refractivity contribution in [2.45, 2.75) is 13.0 Å². The van der Waals surface area contributed by atoms with Crippen molar-refractivity contribution in [2.75, 3.05) is 26.3 Å². The van der Waals surface area contributed by atoms with Gasteiger partial charge in [-0.3, -0.25) is 15.0 Å². The minimum atomic E-state index is -0.372. The number of morpholine rings is 1. The Labute approximate surface area is 100 Å². The molecule has 0 saturated carbocycles. The van der Waals surface area contributed by atoms with Gasteiger partial charge in [0.25, 0.3) is 5.69 Å². The molecule has 0 unspecified atom stereocenters. The summed E-state index contributed by atoms with van der Waals surface area (Å²) in [6.07, 6.45) is 0. The number of ether oxygens (including phenoxy) is 1. The first kappa shape index (κ1) is 12.0. The van der Waals surface area contributed by atoms with Crippen molar-refractivity contribution in [1.29, 1.82) is 0 Å². The van der Waals surface area contributed by atoms with E-state index in [1.807, 2.05) is 12.1 Å². The predicted molar refractivity (Wildman–Crippen MR) is 63.9 cm³/mol. The van der Waals surface area contributed by atoms with E-state index in [2.05, 4.69) is 11.8 Å². The Morgan fingerprint density at radius 2 is 1.88 bits per heavy atom. The van der Waals surface area contributed by atoms with Crippen molar-refractivity contribution in [3.63, 3.8) is 0 Å². The molecule has 5 heteroatoms. The molecule has 0 amide bonds. The molecule has 0 bridgehead atoms. The number of hydrogen-bond donors (Lipinski definition) is 0. The minimum Gasteiger partial charge on any atom is -0.379 e. The van der Waals surface area contributed by atoms with Gasteiger partial charge in [-0.2, -0.15) is 0 Å². The summed E-state index contributed by atoms with van der Waals surface area (Å²) in [6.45, 7) is 5.47. The molecule has 5 nitrogen and oxygen atoms in total. The van der Waals surface area contributed by atoms with Gasteiger partial charge < -0.3 is 4.74 Å². The van der Waals surface area contributed by atoms with Crippen molar-refractivity contribution in [3.05, 3.63) is 39.9 Å². The third kappa shape index (κ3) is 2.81. The van der Waals surface area contributed by atoms with Gasteiger partial charge in [0.05, 0.1) is 18.1 Å². The van der Waals surface area contributed by atoms with Crippen LogP contribution in [0.4, 0.5) is 5.69 Å². The molecule has 1 aliphatic rings. The highest BCUT2D eigenvalue weighted by molar-refractivity contribution is 5.34. The average molecular weight is 236 g/mol. The predicted octanol–water partition coefficient (Wildman–Crippen LogP) is 1.99. The first-order chi connectivity index (χ1) is 8.18. The molecular weight excluding hydrogens is 220 g/mol. The maximum Gasteiger partial charge on any atom is 0.269 e. The zero-order valence-corrected chi connectivity index (χ0v) is 9.83. The van der Waals surface area contributed by atoms with Crippen molar-refractivity contribution in [3.8, 4) is 0 Å². The van der Waals surface area contributed by atoms with Gasteiger partial charge in [-0.1, -0.05) is 12.1 Å². The first-order valence-electron chi connectivity index (χ1n) is 5.74. The molecule has 2 rings (SSSR count). The van der Waals surface area contributed by atoms with E-state index in [0.717, 1.165) is 31.9 Å². The summed E-state index contributed by atoms with van der Waals surface area (Å²) in [5.74, 6) is 0. The van der Waals surface area contributed by atoms with Crippen molar-refractivity contribution < 1.29 is 9.66 Å². The third-order valence-electron chi connectivity index (χ3n) is 3.18. The van der Waals surface area contributed by atoms with E-state index >= 15 is 0 Å². The van der Waals surface area contributed by atoms with Crippen LogP contribution < -0.4 is 0 Å². The Hall–Kier alpha value is -1.46. The van der Waals surface area contributed by atoms with Crippen molar-refractivity contribution >= 4 is 5.69 Å². The molecule has 0 radical (unpaired) electrons. The number of nitro groups is 1. The lowest BCUT2D eigenvalue weighted by Crippen LogP contribution is -2.37. The average Bonchev–Trinajstić information content (AvgIpc) is 2.39. The molecule has 1 aromatic carbocycles. The largest absolute Gasteiger partial charge is 0.379 e. The maximum atomic E-state index is 10.6. The highest BCUT2D eigenvalue weighted by atomic mass is 16.6. The fourth-order valence-electron chi connectivity index (χ4n) is 2.05. The van der Waals surface area contributed by atoms with Gasteiger partial charge >= 0.3 is 0 Å². The zero-order chi connectivity index (χ0) is 12.3. The third-order valence-corrected chi connectivity index (χ3v) is 3.18. The van der Waals surface area contributed by atoms with Crippen LogP contribution in [0.25, 0.3) is 0 Å². The lowest BCUT2D eigenvalue weighted by atomic mass is 10.1. The van der Waals surface area contributed by atoms with Crippen LogP contribution in [0, 0.1) is 10.1 Å². The second kappa shape index (κ2) is 5.25. The van der Waals surface area contributed by atoms with E-state index in [1.54, 1.807) is 12.1 Å². The topological polar surface area (TPSA) is 55.6 Å². The zero-order valence-electron chi connectivity index (χ0n) is 9.83. The minimum absolute atomic E-state index is 0.142. The lowest BCUT2D eigenvalue weighted by molar-refractivity contribution is -0.384. The second-order valence-corrected chi connectivity index (χ2v) is 4.17. The molecule has 1 saturated heterocycles. The molecule has 1 fully saturated rings. The van der Waals surface area contributed by atoms with Crippen molar-refractivity contribution in [1.82, 2.24) is 4.90 Å². The van der Waals surface area contributed by atoms with Gasteiger partial charge in [-0.05, 0) is 12.5 Å². The number of benzene rings is 1. The SMILES string of the molecule is C[C@@H](c1ccc([N+](=O)[O-])cc1)N1CCOCC1. The van der Waals surface area contributed by atoms with Gasteiger partial charge in [0.2, 0.25) is 0 Å². The monoisotopic (exact) mass is 236 g/mol. The molecule has 17 heavy (non-hydrogen) atoms.